The van der Waals surface area contributed by atoms with E-state index in [1.807, 2.05) is 103 Å². The van der Waals surface area contributed by atoms with E-state index in [1.54, 1.807) is 6.07 Å². The van der Waals surface area contributed by atoms with Crippen LogP contribution in [0, 0.1) is 0 Å². The summed E-state index contributed by atoms with van der Waals surface area (Å²) < 4.78 is 5.83. The zero-order valence-corrected chi connectivity index (χ0v) is 25.4. The second kappa shape index (κ2) is 15.0. The molecule has 2 amide bonds. The van der Waals surface area contributed by atoms with E-state index in [1.165, 1.54) is 0 Å². The standard InChI is InChI=1S/C38H36N2O6/c39-35(41)24-32(21-26-17-18-27-11-4-5-12-28(27)20-26)46-38(45)34(15-8-16-36(42)43)40-37(44)33-23-30-14-7-6-13-29(30)22-31(33)19-25-9-2-1-3-10-25/h1-7,9-14,17-18,20,22-23,32,34H,8,15-16,19,21,24H2,(H2,39,41)(H,40,44)(H,42,43)/t32-,34-/m0/s1. The Morgan fingerprint density at radius 1 is 0.739 bits per heavy atom. The molecule has 0 saturated carbocycles. The molecule has 5 aromatic carbocycles. The van der Waals surface area contributed by atoms with Crippen molar-refractivity contribution in [3.05, 3.63) is 131 Å². The first kappa shape index (κ1) is 31.9. The van der Waals surface area contributed by atoms with Crippen molar-refractivity contribution in [3.63, 3.8) is 0 Å². The molecule has 0 saturated heterocycles. The van der Waals surface area contributed by atoms with Gasteiger partial charge in [-0.05, 0) is 63.6 Å². The van der Waals surface area contributed by atoms with Gasteiger partial charge >= 0.3 is 11.9 Å². The van der Waals surface area contributed by atoms with Gasteiger partial charge in [0, 0.05) is 18.4 Å². The van der Waals surface area contributed by atoms with Crippen LogP contribution >= 0.6 is 0 Å². The lowest BCUT2D eigenvalue weighted by molar-refractivity contribution is -0.153. The number of carboxylic acid groups (broad SMARTS) is 1. The molecule has 46 heavy (non-hydrogen) atoms. The van der Waals surface area contributed by atoms with E-state index in [0.717, 1.165) is 38.2 Å². The number of carbonyl (C=O) groups excluding carboxylic acids is 3. The number of primary amides is 1. The number of rotatable bonds is 14. The Kier molecular flexibility index (Phi) is 10.4. The van der Waals surface area contributed by atoms with E-state index in [9.17, 15) is 24.3 Å². The predicted octanol–water partition coefficient (Wildman–Crippen LogP) is 5.97. The van der Waals surface area contributed by atoms with Crippen molar-refractivity contribution in [2.24, 2.45) is 5.73 Å². The molecule has 0 aliphatic carbocycles. The molecule has 4 N–H and O–H groups in total. The molecule has 0 aromatic heterocycles. The molecule has 0 bridgehead atoms. The number of ether oxygens (including phenoxy) is 1. The van der Waals surface area contributed by atoms with E-state index < -0.39 is 35.9 Å². The SMILES string of the molecule is NC(=O)C[C@H](Cc1ccc2ccccc2c1)OC(=O)[C@H](CCCC(=O)O)NC(=O)c1cc2ccccc2cc1Cc1ccccc1. The summed E-state index contributed by atoms with van der Waals surface area (Å²) in [5.74, 6) is -2.88. The lowest BCUT2D eigenvalue weighted by Gasteiger charge is -2.23. The van der Waals surface area contributed by atoms with Gasteiger partial charge in [0.2, 0.25) is 5.91 Å². The Morgan fingerprint density at radius 2 is 1.37 bits per heavy atom. The summed E-state index contributed by atoms with van der Waals surface area (Å²) in [5.41, 5.74) is 8.58. The Labute approximate surface area is 267 Å². The van der Waals surface area contributed by atoms with Crippen LogP contribution in [0.25, 0.3) is 21.5 Å². The molecule has 0 heterocycles. The molecule has 0 aliphatic rings. The third kappa shape index (κ3) is 8.57. The average molecular weight is 617 g/mol. The fourth-order valence-electron chi connectivity index (χ4n) is 5.66. The van der Waals surface area contributed by atoms with Gasteiger partial charge < -0.3 is 20.9 Å². The third-order valence-electron chi connectivity index (χ3n) is 7.92. The van der Waals surface area contributed by atoms with Crippen LogP contribution in [0.2, 0.25) is 0 Å². The summed E-state index contributed by atoms with van der Waals surface area (Å²) in [6.45, 7) is 0. The highest BCUT2D eigenvalue weighted by Crippen LogP contribution is 2.24. The summed E-state index contributed by atoms with van der Waals surface area (Å²) in [6.07, 6.45) is -0.362. The summed E-state index contributed by atoms with van der Waals surface area (Å²) in [5, 5.41) is 16.0. The fraction of sp³-hybridized carbons (Fsp3) is 0.211. The molecule has 8 heteroatoms. The van der Waals surface area contributed by atoms with Crippen molar-refractivity contribution >= 4 is 45.3 Å². The number of carboxylic acids is 1. The predicted molar refractivity (Wildman–Crippen MR) is 177 cm³/mol. The van der Waals surface area contributed by atoms with Crippen LogP contribution in [0.1, 0.15) is 52.7 Å². The highest BCUT2D eigenvalue weighted by Gasteiger charge is 2.28. The zero-order valence-electron chi connectivity index (χ0n) is 25.4. The van der Waals surface area contributed by atoms with Crippen LogP contribution in [-0.4, -0.2) is 41.0 Å². The smallest absolute Gasteiger partial charge is 0.328 e. The molecule has 234 valence electrons. The fourth-order valence-corrected chi connectivity index (χ4v) is 5.66. The maximum atomic E-state index is 13.9. The van der Waals surface area contributed by atoms with Crippen molar-refractivity contribution < 1.29 is 29.0 Å². The molecule has 0 unspecified atom stereocenters. The van der Waals surface area contributed by atoms with Gasteiger partial charge in [-0.25, -0.2) is 4.79 Å². The van der Waals surface area contributed by atoms with Gasteiger partial charge in [0.1, 0.15) is 12.1 Å². The van der Waals surface area contributed by atoms with Gasteiger partial charge in [0.05, 0.1) is 6.42 Å². The molecule has 0 aliphatic heterocycles. The molecule has 5 rings (SSSR count). The van der Waals surface area contributed by atoms with Gasteiger partial charge in [-0.1, -0.05) is 103 Å². The number of nitrogens with one attached hydrogen (secondary N) is 1. The van der Waals surface area contributed by atoms with Gasteiger partial charge in [0.15, 0.2) is 0 Å². The van der Waals surface area contributed by atoms with Crippen molar-refractivity contribution in [3.8, 4) is 0 Å². The van der Waals surface area contributed by atoms with Crippen LogP contribution in [0.15, 0.2) is 109 Å². The Morgan fingerprint density at radius 3 is 2.04 bits per heavy atom. The minimum absolute atomic E-state index is 0.0394. The molecule has 0 fully saturated rings. The quantitative estimate of drug-likeness (QED) is 0.132. The Balaban J connectivity index is 1.39. The summed E-state index contributed by atoms with van der Waals surface area (Å²) in [7, 11) is 0. The Hall–Kier alpha value is -5.50. The summed E-state index contributed by atoms with van der Waals surface area (Å²) in [4.78, 5) is 50.8. The van der Waals surface area contributed by atoms with E-state index in [4.69, 9.17) is 10.5 Å². The van der Waals surface area contributed by atoms with E-state index in [0.29, 0.717) is 12.0 Å². The minimum atomic E-state index is -1.14. The first-order valence-corrected chi connectivity index (χ1v) is 15.3. The maximum absolute atomic E-state index is 13.9. The molecule has 2 atom stereocenters. The molecule has 0 radical (unpaired) electrons. The number of hydrogen-bond donors (Lipinski definition) is 3. The highest BCUT2D eigenvalue weighted by molar-refractivity contribution is 6.02. The van der Waals surface area contributed by atoms with Crippen molar-refractivity contribution in [1.29, 1.82) is 0 Å². The summed E-state index contributed by atoms with van der Waals surface area (Å²) in [6, 6.07) is 33.8. The van der Waals surface area contributed by atoms with Crippen LogP contribution in [0.4, 0.5) is 0 Å². The van der Waals surface area contributed by atoms with Crippen LogP contribution < -0.4 is 11.1 Å². The molecule has 5 aromatic rings. The zero-order chi connectivity index (χ0) is 32.5. The topological polar surface area (TPSA) is 136 Å². The number of esters is 1. The second-order valence-electron chi connectivity index (χ2n) is 11.4. The monoisotopic (exact) mass is 616 g/mol. The number of fused-ring (bicyclic) bond motifs is 2. The first-order chi connectivity index (χ1) is 22.2. The number of nitrogens with two attached hydrogens (primary N) is 1. The normalized spacial score (nSPS) is 12.3. The molecule has 0 spiro atoms. The van der Waals surface area contributed by atoms with Crippen molar-refractivity contribution in [1.82, 2.24) is 5.32 Å². The molecule has 8 nitrogen and oxygen atoms in total. The van der Waals surface area contributed by atoms with Gasteiger partial charge in [0.25, 0.3) is 5.91 Å². The van der Waals surface area contributed by atoms with Crippen LogP contribution in [-0.2, 0) is 32.0 Å². The number of hydrogen-bond acceptors (Lipinski definition) is 5. The van der Waals surface area contributed by atoms with Crippen LogP contribution in [0.5, 0.6) is 0 Å². The van der Waals surface area contributed by atoms with Gasteiger partial charge in [-0.3, -0.25) is 14.4 Å². The lowest BCUT2D eigenvalue weighted by Crippen LogP contribution is -2.44. The van der Waals surface area contributed by atoms with Gasteiger partial charge in [-0.15, -0.1) is 0 Å². The molecular weight excluding hydrogens is 580 g/mol. The second-order valence-corrected chi connectivity index (χ2v) is 11.4. The first-order valence-electron chi connectivity index (χ1n) is 15.3. The van der Waals surface area contributed by atoms with Crippen molar-refractivity contribution in [2.45, 2.75) is 50.7 Å². The molecular formula is C38H36N2O6. The van der Waals surface area contributed by atoms with E-state index >= 15 is 0 Å². The summed E-state index contributed by atoms with van der Waals surface area (Å²) >= 11 is 0. The lowest BCUT2D eigenvalue weighted by atomic mass is 9.95. The number of amides is 2. The van der Waals surface area contributed by atoms with Crippen molar-refractivity contribution in [2.75, 3.05) is 0 Å². The highest BCUT2D eigenvalue weighted by atomic mass is 16.5. The van der Waals surface area contributed by atoms with E-state index in [2.05, 4.69) is 5.32 Å². The largest absolute Gasteiger partial charge is 0.481 e. The van der Waals surface area contributed by atoms with Gasteiger partial charge in [-0.2, -0.15) is 0 Å². The average Bonchev–Trinajstić information content (AvgIpc) is 3.03. The number of benzene rings is 5. The van der Waals surface area contributed by atoms with E-state index in [-0.39, 0.29) is 32.1 Å². The minimum Gasteiger partial charge on any atom is -0.481 e. The number of aliphatic carboxylic acids is 1. The third-order valence-corrected chi connectivity index (χ3v) is 7.92. The number of carbonyl (C=O) groups is 4. The maximum Gasteiger partial charge on any atom is 0.328 e. The Bertz CT molecular complexity index is 1870. The van der Waals surface area contributed by atoms with Crippen LogP contribution in [0.3, 0.4) is 0 Å².